The van der Waals surface area contributed by atoms with Gasteiger partial charge < -0.3 is 10.1 Å². The number of nitrogens with one attached hydrogen (secondary N) is 1. The van der Waals surface area contributed by atoms with Crippen LogP contribution >= 0.6 is 27.7 Å². The van der Waals surface area contributed by atoms with Crippen molar-refractivity contribution >= 4 is 50.6 Å². The van der Waals surface area contributed by atoms with Gasteiger partial charge in [-0.1, -0.05) is 28.1 Å². The quantitative estimate of drug-likeness (QED) is 0.682. The molecule has 2 aromatic carbocycles. The molecular weight excluding hydrogens is 416 g/mol. The smallest absolute Gasteiger partial charge is 0.295 e. The third-order valence-corrected chi connectivity index (χ3v) is 5.30. The lowest BCUT2D eigenvalue weighted by molar-refractivity contribution is -0.122. The average molecular weight is 433 g/mol. The Balaban J connectivity index is 1.70. The van der Waals surface area contributed by atoms with E-state index >= 15 is 0 Å². The molecule has 7 heteroatoms. The van der Waals surface area contributed by atoms with Crippen LogP contribution in [0.1, 0.15) is 11.1 Å². The van der Waals surface area contributed by atoms with Gasteiger partial charge in [-0.2, -0.15) is 0 Å². The summed E-state index contributed by atoms with van der Waals surface area (Å²) in [5.41, 5.74) is 2.75. The number of halogens is 1. The van der Waals surface area contributed by atoms with Gasteiger partial charge in [0.1, 0.15) is 5.75 Å². The summed E-state index contributed by atoms with van der Waals surface area (Å²) < 4.78 is 6.10. The second-order valence-corrected chi connectivity index (χ2v) is 7.59. The molecule has 1 fully saturated rings. The van der Waals surface area contributed by atoms with E-state index in [0.717, 1.165) is 38.8 Å². The Morgan fingerprint density at radius 3 is 2.58 bits per heavy atom. The molecular formula is C19H17BrN2O3S. The van der Waals surface area contributed by atoms with Crippen molar-refractivity contribution in [3.8, 4) is 5.75 Å². The van der Waals surface area contributed by atoms with Crippen LogP contribution in [0.5, 0.6) is 5.75 Å². The number of amides is 2. The first kappa shape index (κ1) is 18.5. The van der Waals surface area contributed by atoms with E-state index in [1.54, 1.807) is 13.2 Å². The Labute approximate surface area is 164 Å². The SMILES string of the molecule is COc1ccc(/C=C2\SC(=O)N(CNc3ccc(Br)cc3C)C2=O)cc1. The molecule has 0 aliphatic carbocycles. The molecule has 2 aromatic rings. The van der Waals surface area contributed by atoms with Crippen molar-refractivity contribution in [1.29, 1.82) is 0 Å². The van der Waals surface area contributed by atoms with E-state index in [-0.39, 0.29) is 17.8 Å². The zero-order chi connectivity index (χ0) is 18.7. The van der Waals surface area contributed by atoms with Gasteiger partial charge >= 0.3 is 0 Å². The zero-order valence-corrected chi connectivity index (χ0v) is 16.7. The fourth-order valence-corrected chi connectivity index (χ4v) is 3.79. The largest absolute Gasteiger partial charge is 0.497 e. The zero-order valence-electron chi connectivity index (χ0n) is 14.3. The molecule has 3 rings (SSSR count). The summed E-state index contributed by atoms with van der Waals surface area (Å²) in [7, 11) is 1.60. The third kappa shape index (κ3) is 4.11. The minimum atomic E-state index is -0.293. The summed E-state index contributed by atoms with van der Waals surface area (Å²) in [5, 5.41) is 2.87. The fraction of sp³-hybridized carbons (Fsp3) is 0.158. The predicted octanol–water partition coefficient (Wildman–Crippen LogP) is 4.87. The van der Waals surface area contributed by atoms with Crippen molar-refractivity contribution in [1.82, 2.24) is 4.90 Å². The number of benzene rings is 2. The van der Waals surface area contributed by atoms with E-state index in [9.17, 15) is 9.59 Å². The molecule has 0 spiro atoms. The van der Waals surface area contributed by atoms with Gasteiger partial charge in [0.25, 0.3) is 11.1 Å². The predicted molar refractivity (Wildman–Crippen MR) is 108 cm³/mol. The summed E-state index contributed by atoms with van der Waals surface area (Å²) in [4.78, 5) is 26.4. The van der Waals surface area contributed by atoms with Gasteiger partial charge in [0, 0.05) is 10.2 Å². The average Bonchev–Trinajstić information content (AvgIpc) is 2.88. The lowest BCUT2D eigenvalue weighted by Crippen LogP contribution is -2.33. The van der Waals surface area contributed by atoms with E-state index in [2.05, 4.69) is 21.2 Å². The van der Waals surface area contributed by atoms with Crippen molar-refractivity contribution in [2.24, 2.45) is 0 Å². The summed E-state index contributed by atoms with van der Waals surface area (Å²) in [6, 6.07) is 13.1. The topological polar surface area (TPSA) is 58.6 Å². The van der Waals surface area contributed by atoms with E-state index in [1.165, 1.54) is 4.90 Å². The summed E-state index contributed by atoms with van der Waals surface area (Å²) in [6.45, 7) is 2.09. The number of methoxy groups -OCH3 is 1. The van der Waals surface area contributed by atoms with Crippen LogP contribution in [0, 0.1) is 6.92 Å². The van der Waals surface area contributed by atoms with Crippen LogP contribution in [0.4, 0.5) is 10.5 Å². The number of ether oxygens (including phenoxy) is 1. The maximum atomic E-state index is 12.5. The summed E-state index contributed by atoms with van der Waals surface area (Å²) >= 11 is 4.36. The van der Waals surface area contributed by atoms with E-state index in [4.69, 9.17) is 4.74 Å². The number of aryl methyl sites for hydroxylation is 1. The molecule has 2 amide bonds. The number of carbonyl (C=O) groups excluding carboxylic acids is 2. The molecule has 0 bridgehead atoms. The van der Waals surface area contributed by atoms with Crippen LogP contribution in [0.25, 0.3) is 6.08 Å². The highest BCUT2D eigenvalue weighted by atomic mass is 79.9. The van der Waals surface area contributed by atoms with Crippen molar-refractivity contribution in [3.63, 3.8) is 0 Å². The summed E-state index contributed by atoms with van der Waals surface area (Å²) in [6.07, 6.45) is 1.72. The van der Waals surface area contributed by atoms with E-state index in [1.807, 2.05) is 49.4 Å². The number of rotatable bonds is 5. The molecule has 0 unspecified atom stereocenters. The highest BCUT2D eigenvalue weighted by Crippen LogP contribution is 2.32. The van der Waals surface area contributed by atoms with Crippen molar-refractivity contribution in [2.75, 3.05) is 19.1 Å². The first-order valence-electron chi connectivity index (χ1n) is 7.87. The van der Waals surface area contributed by atoms with Crippen LogP contribution in [-0.2, 0) is 4.79 Å². The Hall–Kier alpha value is -2.25. The third-order valence-electron chi connectivity index (χ3n) is 3.90. The molecule has 134 valence electrons. The molecule has 0 radical (unpaired) electrons. The van der Waals surface area contributed by atoms with Crippen LogP contribution in [0.15, 0.2) is 51.8 Å². The molecule has 0 atom stereocenters. The standard InChI is InChI=1S/C19H17BrN2O3S/c1-12-9-14(20)5-8-16(12)21-11-22-18(23)17(26-19(22)24)10-13-3-6-15(25-2)7-4-13/h3-10,21H,11H2,1-2H3/b17-10-. The molecule has 1 aliphatic heterocycles. The lowest BCUT2D eigenvalue weighted by Gasteiger charge is -2.16. The van der Waals surface area contributed by atoms with Gasteiger partial charge in [0.15, 0.2) is 0 Å². The van der Waals surface area contributed by atoms with Crippen molar-refractivity contribution < 1.29 is 14.3 Å². The molecule has 5 nitrogen and oxygen atoms in total. The second-order valence-electron chi connectivity index (χ2n) is 5.68. The maximum absolute atomic E-state index is 12.5. The number of anilines is 1. The number of carbonyl (C=O) groups is 2. The van der Waals surface area contributed by atoms with Crippen molar-refractivity contribution in [2.45, 2.75) is 6.92 Å². The fourth-order valence-electron chi connectivity index (χ4n) is 2.48. The highest BCUT2D eigenvalue weighted by Gasteiger charge is 2.34. The molecule has 1 saturated heterocycles. The maximum Gasteiger partial charge on any atom is 0.295 e. The Morgan fingerprint density at radius 1 is 1.19 bits per heavy atom. The Bertz CT molecular complexity index is 881. The van der Waals surface area contributed by atoms with E-state index < -0.39 is 0 Å². The number of imide groups is 1. The first-order chi connectivity index (χ1) is 12.5. The molecule has 26 heavy (non-hydrogen) atoms. The Morgan fingerprint density at radius 2 is 1.92 bits per heavy atom. The van der Waals surface area contributed by atoms with Crippen LogP contribution in [0.2, 0.25) is 0 Å². The molecule has 1 heterocycles. The van der Waals surface area contributed by atoms with Gasteiger partial charge in [-0.05, 0) is 66.2 Å². The van der Waals surface area contributed by atoms with Gasteiger partial charge in [-0.3, -0.25) is 14.5 Å². The lowest BCUT2D eigenvalue weighted by atomic mass is 10.2. The van der Waals surface area contributed by atoms with E-state index in [0.29, 0.717) is 4.91 Å². The summed E-state index contributed by atoms with van der Waals surface area (Å²) in [5.74, 6) is 0.447. The monoisotopic (exact) mass is 432 g/mol. The minimum Gasteiger partial charge on any atom is -0.497 e. The number of hydrogen-bond acceptors (Lipinski definition) is 5. The normalized spacial score (nSPS) is 15.7. The number of hydrogen-bond donors (Lipinski definition) is 1. The van der Waals surface area contributed by atoms with Gasteiger partial charge in [0.2, 0.25) is 0 Å². The first-order valence-corrected chi connectivity index (χ1v) is 9.48. The molecule has 0 aromatic heterocycles. The molecule has 1 aliphatic rings. The van der Waals surface area contributed by atoms with Crippen LogP contribution in [0.3, 0.4) is 0 Å². The highest BCUT2D eigenvalue weighted by molar-refractivity contribution is 9.10. The number of thioether (sulfide) groups is 1. The second kappa shape index (κ2) is 7.97. The molecule has 1 N–H and O–H groups in total. The van der Waals surface area contributed by atoms with Gasteiger partial charge in [0.05, 0.1) is 18.7 Å². The van der Waals surface area contributed by atoms with Gasteiger partial charge in [-0.25, -0.2) is 0 Å². The number of nitrogens with zero attached hydrogens (tertiary/aromatic N) is 1. The van der Waals surface area contributed by atoms with Crippen LogP contribution < -0.4 is 10.1 Å². The van der Waals surface area contributed by atoms with Crippen molar-refractivity contribution in [3.05, 3.63) is 63.0 Å². The van der Waals surface area contributed by atoms with Crippen LogP contribution in [-0.4, -0.2) is 29.8 Å². The Kier molecular flexibility index (Phi) is 5.68. The van der Waals surface area contributed by atoms with Gasteiger partial charge in [-0.15, -0.1) is 0 Å². The molecule has 0 saturated carbocycles. The minimum absolute atomic E-state index is 0.132.